The fourth-order valence-corrected chi connectivity index (χ4v) is 5.48. The average molecular weight is 477 g/mol. The van der Waals surface area contributed by atoms with E-state index in [-0.39, 0.29) is 17.1 Å². The minimum atomic E-state index is -1.40. The smallest absolute Gasteiger partial charge is 0.353 e. The van der Waals surface area contributed by atoms with Gasteiger partial charge in [0.15, 0.2) is 0 Å². The van der Waals surface area contributed by atoms with Crippen LogP contribution in [-0.4, -0.2) is 63.8 Å². The molecular formula is C17H14Cl2N2O6S2. The number of hydrogen-bond acceptors (Lipinski definition) is 7. The quantitative estimate of drug-likeness (QED) is 0.364. The number of nitrogens with zero attached hydrogens (tertiary/aromatic N) is 1. The number of benzene rings is 1. The van der Waals surface area contributed by atoms with Crippen LogP contribution < -0.4 is 5.32 Å². The van der Waals surface area contributed by atoms with Crippen molar-refractivity contribution in [2.75, 3.05) is 18.6 Å². The van der Waals surface area contributed by atoms with Crippen molar-refractivity contribution in [3.8, 4) is 0 Å². The number of esters is 1. The maximum atomic E-state index is 12.5. The molecule has 1 aromatic carbocycles. The largest absolute Gasteiger partial charge is 0.477 e. The van der Waals surface area contributed by atoms with Crippen molar-refractivity contribution in [1.29, 1.82) is 0 Å². The summed E-state index contributed by atoms with van der Waals surface area (Å²) in [7, 11) is 1.14. The zero-order chi connectivity index (χ0) is 21.3. The van der Waals surface area contributed by atoms with Crippen LogP contribution in [0, 0.1) is 0 Å². The van der Waals surface area contributed by atoms with E-state index in [1.807, 2.05) is 0 Å². The first kappa shape index (κ1) is 21.8. The number of amides is 2. The average Bonchev–Trinajstić information content (AvgIpc) is 2.70. The molecule has 29 heavy (non-hydrogen) atoms. The molecule has 154 valence electrons. The Balaban J connectivity index is 1.66. The minimum absolute atomic E-state index is 0.00370. The van der Waals surface area contributed by atoms with Gasteiger partial charge in [0, 0.05) is 15.7 Å². The lowest BCUT2D eigenvalue weighted by molar-refractivity contribution is -0.151. The molecule has 8 nitrogen and oxygen atoms in total. The van der Waals surface area contributed by atoms with Gasteiger partial charge in [-0.2, -0.15) is 0 Å². The lowest BCUT2D eigenvalue weighted by Gasteiger charge is -2.49. The summed E-state index contributed by atoms with van der Waals surface area (Å²) in [5, 5.41) is 12.4. The van der Waals surface area contributed by atoms with Crippen LogP contribution in [0.15, 0.2) is 34.4 Å². The van der Waals surface area contributed by atoms with Crippen molar-refractivity contribution >= 4 is 70.5 Å². The van der Waals surface area contributed by atoms with Crippen molar-refractivity contribution in [3.63, 3.8) is 0 Å². The van der Waals surface area contributed by atoms with Crippen molar-refractivity contribution in [3.05, 3.63) is 39.5 Å². The van der Waals surface area contributed by atoms with Gasteiger partial charge in [0.1, 0.15) is 17.1 Å². The number of fused-ring (bicyclic) bond motifs is 1. The first-order chi connectivity index (χ1) is 13.7. The molecule has 0 bridgehead atoms. The van der Waals surface area contributed by atoms with Crippen LogP contribution in [0.3, 0.4) is 0 Å². The summed E-state index contributed by atoms with van der Waals surface area (Å²) in [6, 6.07) is 4.00. The molecule has 2 heterocycles. The van der Waals surface area contributed by atoms with E-state index >= 15 is 0 Å². The zero-order valence-electron chi connectivity index (χ0n) is 14.8. The number of carboxylic acids is 1. The van der Waals surface area contributed by atoms with Gasteiger partial charge in [0.05, 0.1) is 23.5 Å². The second-order valence-electron chi connectivity index (χ2n) is 5.94. The van der Waals surface area contributed by atoms with Crippen LogP contribution in [0.2, 0.25) is 10.0 Å². The van der Waals surface area contributed by atoms with Crippen LogP contribution in [0.25, 0.3) is 0 Å². The molecule has 0 spiro atoms. The lowest BCUT2D eigenvalue weighted by Crippen LogP contribution is -2.70. The van der Waals surface area contributed by atoms with Gasteiger partial charge in [0.25, 0.3) is 5.91 Å². The van der Waals surface area contributed by atoms with Gasteiger partial charge in [0.2, 0.25) is 5.91 Å². The van der Waals surface area contributed by atoms with Crippen molar-refractivity contribution in [1.82, 2.24) is 10.2 Å². The molecule has 1 fully saturated rings. The van der Waals surface area contributed by atoms with Crippen molar-refractivity contribution in [2.24, 2.45) is 0 Å². The Morgan fingerprint density at radius 2 is 2.10 bits per heavy atom. The number of halogens is 2. The monoisotopic (exact) mass is 476 g/mol. The van der Waals surface area contributed by atoms with Crippen LogP contribution in [0.4, 0.5) is 0 Å². The number of carboxylic acid groups (broad SMARTS) is 1. The molecular weight excluding hydrogens is 463 g/mol. The second kappa shape index (κ2) is 8.86. The number of aliphatic carboxylic acids is 1. The molecule has 1 unspecified atom stereocenters. The molecule has 3 rings (SSSR count). The van der Waals surface area contributed by atoms with Crippen LogP contribution in [0.5, 0.6) is 0 Å². The second-order valence-corrected chi connectivity index (χ2v) is 8.91. The normalized spacial score (nSPS) is 20.7. The topological polar surface area (TPSA) is 113 Å². The summed E-state index contributed by atoms with van der Waals surface area (Å²) < 4.78 is 4.59. The first-order valence-corrected chi connectivity index (χ1v) is 10.9. The number of hydrogen-bond donors (Lipinski definition) is 2. The lowest BCUT2D eigenvalue weighted by atomic mass is 10.0. The molecule has 0 aromatic heterocycles. The Hall–Kier alpha value is -1.88. The Bertz CT molecular complexity index is 938. The minimum Gasteiger partial charge on any atom is -0.477 e. The van der Waals surface area contributed by atoms with Crippen LogP contribution in [0.1, 0.15) is 0 Å². The fraction of sp³-hybridized carbons (Fsp3) is 0.294. The predicted molar refractivity (Wildman–Crippen MR) is 109 cm³/mol. The highest BCUT2D eigenvalue weighted by atomic mass is 35.5. The third-order valence-electron chi connectivity index (χ3n) is 4.17. The zero-order valence-corrected chi connectivity index (χ0v) is 18.0. The molecule has 12 heteroatoms. The van der Waals surface area contributed by atoms with E-state index < -0.39 is 40.9 Å². The number of rotatable bonds is 6. The Morgan fingerprint density at radius 1 is 1.38 bits per heavy atom. The molecule has 2 aliphatic heterocycles. The summed E-state index contributed by atoms with van der Waals surface area (Å²) in [5.74, 6) is -3.16. The number of thioether (sulfide) groups is 2. The van der Waals surface area contributed by atoms with E-state index in [4.69, 9.17) is 23.2 Å². The highest BCUT2D eigenvalue weighted by Gasteiger charge is 2.55. The summed E-state index contributed by atoms with van der Waals surface area (Å²) in [6.45, 7) is 0. The molecule has 2 atom stereocenters. The Labute approximate surface area is 183 Å². The van der Waals surface area contributed by atoms with Gasteiger partial charge in [-0.1, -0.05) is 23.2 Å². The molecule has 0 radical (unpaired) electrons. The maximum absolute atomic E-state index is 12.5. The van der Waals surface area contributed by atoms with Gasteiger partial charge >= 0.3 is 11.9 Å². The number of ether oxygens (including phenoxy) is 1. The van der Waals surface area contributed by atoms with Crippen LogP contribution >= 0.6 is 46.7 Å². The van der Waals surface area contributed by atoms with Gasteiger partial charge < -0.3 is 15.2 Å². The van der Waals surface area contributed by atoms with E-state index in [1.54, 1.807) is 18.2 Å². The number of methoxy groups -OCH3 is 1. The maximum Gasteiger partial charge on any atom is 0.353 e. The van der Waals surface area contributed by atoms with Crippen molar-refractivity contribution in [2.45, 2.75) is 16.3 Å². The van der Waals surface area contributed by atoms with Crippen LogP contribution in [-0.2, 0) is 23.9 Å². The van der Waals surface area contributed by atoms with E-state index in [0.29, 0.717) is 14.9 Å². The highest BCUT2D eigenvalue weighted by Crippen LogP contribution is 2.40. The van der Waals surface area contributed by atoms with Crippen molar-refractivity contribution < 1.29 is 29.0 Å². The summed E-state index contributed by atoms with van der Waals surface area (Å²) in [6.07, 6.45) is 0. The highest BCUT2D eigenvalue weighted by molar-refractivity contribution is 8.00. The first-order valence-electron chi connectivity index (χ1n) is 8.11. The number of nitrogens with one attached hydrogen (secondary N) is 1. The summed E-state index contributed by atoms with van der Waals surface area (Å²) in [5.41, 5.74) is -0.498. The van der Waals surface area contributed by atoms with E-state index in [1.165, 1.54) is 11.8 Å². The number of carbonyl (C=O) groups is 4. The summed E-state index contributed by atoms with van der Waals surface area (Å²) in [4.78, 5) is 49.8. The SMILES string of the molecule is COC(=O)C1=C(C(=O)O)N2C(=O)C(NC(=O)CSc3cc(Cl)ccc3Cl)[C@H]2SC1. The van der Waals surface area contributed by atoms with E-state index in [2.05, 4.69) is 10.1 Å². The standard InChI is InChI=1S/C17H14Cl2N2O6S2/c1-27-17(26)8-5-29-15-12(14(23)21(15)13(8)16(24)25)20-11(22)6-28-10-4-7(18)2-3-9(10)19/h2-4,12,15H,5-6H2,1H3,(H,20,22)(H,24,25)/t12?,15-/m1/s1. The third kappa shape index (κ3) is 4.35. The molecule has 1 aromatic rings. The number of carbonyl (C=O) groups excluding carboxylic acids is 3. The number of β-lactam (4-membered cyclic amide) rings is 1. The molecule has 0 saturated carbocycles. The molecule has 2 aliphatic rings. The Kier molecular flexibility index (Phi) is 6.67. The van der Waals surface area contributed by atoms with E-state index in [9.17, 15) is 24.3 Å². The molecule has 2 amide bonds. The summed E-state index contributed by atoms with van der Waals surface area (Å²) >= 11 is 14.3. The third-order valence-corrected chi connectivity index (χ3v) is 7.18. The predicted octanol–water partition coefficient (Wildman–Crippen LogP) is 2.00. The molecule has 1 saturated heterocycles. The molecule has 2 N–H and O–H groups in total. The van der Waals surface area contributed by atoms with Gasteiger partial charge in [-0.05, 0) is 18.2 Å². The fourth-order valence-electron chi connectivity index (χ4n) is 2.84. The van der Waals surface area contributed by atoms with Gasteiger partial charge in [-0.15, -0.1) is 23.5 Å². The molecule has 0 aliphatic carbocycles. The van der Waals surface area contributed by atoms with E-state index in [0.717, 1.165) is 23.8 Å². The van der Waals surface area contributed by atoms with Gasteiger partial charge in [-0.25, -0.2) is 9.59 Å². The van der Waals surface area contributed by atoms with Gasteiger partial charge in [-0.3, -0.25) is 14.5 Å². The Morgan fingerprint density at radius 3 is 2.76 bits per heavy atom.